The molecule has 2 aromatic heterocycles. The molecule has 2 aliphatic rings. The molecule has 1 aromatic carbocycles. The number of aliphatic hydroxyl groups excluding tert-OH is 1. The molecule has 2 fully saturated rings. The van der Waals surface area contributed by atoms with Crippen LogP contribution in [-0.4, -0.2) is 49.0 Å². The molecule has 5 rings (SSSR count). The van der Waals surface area contributed by atoms with Crippen LogP contribution in [0.4, 0.5) is 5.69 Å². The van der Waals surface area contributed by atoms with Crippen molar-refractivity contribution in [3.8, 4) is 11.1 Å². The van der Waals surface area contributed by atoms with Gasteiger partial charge in [-0.3, -0.25) is 19.4 Å². The maximum absolute atomic E-state index is 13.7. The van der Waals surface area contributed by atoms with Gasteiger partial charge in [-0.25, -0.2) is 0 Å². The Morgan fingerprint density at radius 1 is 1.05 bits per heavy atom. The molecule has 0 saturated heterocycles. The maximum Gasteiger partial charge on any atom is 0.270 e. The largest absolute Gasteiger partial charge is 0.391 e. The summed E-state index contributed by atoms with van der Waals surface area (Å²) in [5, 5.41) is 27.7. The lowest BCUT2D eigenvalue weighted by atomic mass is 9.88. The van der Waals surface area contributed by atoms with Crippen molar-refractivity contribution in [2.45, 2.75) is 71.6 Å². The minimum Gasteiger partial charge on any atom is -0.391 e. The fraction of sp³-hybridized carbons (Fsp3) is 0.500. The zero-order chi connectivity index (χ0) is 26.3. The van der Waals surface area contributed by atoms with Gasteiger partial charge in [0.15, 0.2) is 0 Å². The zero-order valence-corrected chi connectivity index (χ0v) is 21.9. The number of aliphatic hydroxyl groups is 1. The monoisotopic (exact) mass is 504 g/mol. The predicted octanol–water partition coefficient (Wildman–Crippen LogP) is 4.01. The highest BCUT2D eigenvalue weighted by Gasteiger charge is 2.48. The first-order valence-corrected chi connectivity index (χ1v) is 13.2. The van der Waals surface area contributed by atoms with Crippen LogP contribution < -0.4 is 10.6 Å². The van der Waals surface area contributed by atoms with E-state index in [4.69, 9.17) is 0 Å². The van der Waals surface area contributed by atoms with Gasteiger partial charge in [0.1, 0.15) is 11.7 Å². The number of carbonyl (C=O) groups excluding carboxylic acids is 2. The number of benzene rings is 1. The molecule has 37 heavy (non-hydrogen) atoms. The Kier molecular flexibility index (Phi) is 6.90. The van der Waals surface area contributed by atoms with Gasteiger partial charge < -0.3 is 15.7 Å². The van der Waals surface area contributed by atoms with E-state index in [0.717, 1.165) is 48.2 Å². The summed E-state index contributed by atoms with van der Waals surface area (Å²) in [4.78, 5) is 27.1. The van der Waals surface area contributed by atoms with Gasteiger partial charge in [-0.15, -0.1) is 0 Å². The van der Waals surface area contributed by atoms with Gasteiger partial charge in [0.2, 0.25) is 5.91 Å². The molecule has 3 aromatic rings. The number of rotatable bonds is 10. The molecule has 9 nitrogen and oxygen atoms in total. The summed E-state index contributed by atoms with van der Waals surface area (Å²) in [6.07, 6.45) is 5.25. The molecule has 3 atom stereocenters. The van der Waals surface area contributed by atoms with Crippen molar-refractivity contribution in [3.05, 3.63) is 53.6 Å². The summed E-state index contributed by atoms with van der Waals surface area (Å²) in [7, 11) is 0. The third kappa shape index (κ3) is 5.32. The second-order valence-electron chi connectivity index (χ2n) is 10.7. The van der Waals surface area contributed by atoms with Crippen molar-refractivity contribution in [2.75, 3.05) is 5.32 Å². The number of aromatic amines is 1. The summed E-state index contributed by atoms with van der Waals surface area (Å²) in [5.74, 6) is 0.483. The molecular formula is C28H36N6O3. The van der Waals surface area contributed by atoms with Crippen molar-refractivity contribution in [1.29, 1.82) is 0 Å². The first kappa shape index (κ1) is 25.2. The lowest BCUT2D eigenvalue weighted by Gasteiger charge is -2.28. The lowest BCUT2D eigenvalue weighted by Crippen LogP contribution is -2.50. The van der Waals surface area contributed by atoms with Gasteiger partial charge in [0.05, 0.1) is 17.8 Å². The van der Waals surface area contributed by atoms with Crippen molar-refractivity contribution in [2.24, 2.45) is 17.8 Å². The molecule has 2 saturated carbocycles. The summed E-state index contributed by atoms with van der Waals surface area (Å²) >= 11 is 0. The Morgan fingerprint density at radius 3 is 2.24 bits per heavy atom. The Bertz CT molecular complexity index is 1240. The topological polar surface area (TPSA) is 125 Å². The van der Waals surface area contributed by atoms with E-state index < -0.39 is 12.1 Å². The SMILES string of the molecule is Cc1n[nH]c(C)c1-c1ccc(NC(=O)[C@@H](NC(=O)c2ccnn2[C@@H](C)[C@H](C)O)C(C2CC2)C2CC2)cc1. The van der Waals surface area contributed by atoms with Crippen molar-refractivity contribution in [1.82, 2.24) is 25.3 Å². The lowest BCUT2D eigenvalue weighted by molar-refractivity contribution is -0.119. The number of nitrogens with one attached hydrogen (secondary N) is 3. The Labute approximate surface area is 217 Å². The van der Waals surface area contributed by atoms with Gasteiger partial charge in [-0.1, -0.05) is 12.1 Å². The summed E-state index contributed by atoms with van der Waals surface area (Å²) < 4.78 is 1.52. The number of hydrogen-bond donors (Lipinski definition) is 4. The summed E-state index contributed by atoms with van der Waals surface area (Å²) in [5.41, 5.74) is 5.04. The normalized spacial score (nSPS) is 17.9. The van der Waals surface area contributed by atoms with E-state index in [0.29, 0.717) is 23.2 Å². The van der Waals surface area contributed by atoms with Gasteiger partial charge >= 0.3 is 0 Å². The minimum absolute atomic E-state index is 0.116. The number of anilines is 1. The molecule has 2 amide bonds. The van der Waals surface area contributed by atoms with Crippen molar-refractivity contribution >= 4 is 17.5 Å². The smallest absolute Gasteiger partial charge is 0.270 e. The number of carbonyl (C=O) groups is 2. The molecular weight excluding hydrogens is 468 g/mol. The van der Waals surface area contributed by atoms with Gasteiger partial charge in [0, 0.05) is 23.1 Å². The van der Waals surface area contributed by atoms with Gasteiger partial charge in [-0.05, 0) is 94.9 Å². The molecule has 196 valence electrons. The number of aromatic nitrogens is 4. The molecule has 0 bridgehead atoms. The number of aryl methyl sites for hydroxylation is 2. The van der Waals surface area contributed by atoms with E-state index in [1.54, 1.807) is 19.2 Å². The fourth-order valence-electron chi connectivity index (χ4n) is 5.38. The average molecular weight is 505 g/mol. The molecule has 0 unspecified atom stereocenters. The van der Waals surface area contributed by atoms with Crippen LogP contribution in [0, 0.1) is 31.6 Å². The predicted molar refractivity (Wildman–Crippen MR) is 141 cm³/mol. The van der Waals surface area contributed by atoms with E-state index in [9.17, 15) is 14.7 Å². The Balaban J connectivity index is 1.36. The quantitative estimate of drug-likeness (QED) is 0.332. The van der Waals surface area contributed by atoms with Crippen molar-refractivity contribution < 1.29 is 14.7 Å². The van der Waals surface area contributed by atoms with Gasteiger partial charge in [-0.2, -0.15) is 10.2 Å². The van der Waals surface area contributed by atoms with Crippen LogP contribution in [0.25, 0.3) is 11.1 Å². The molecule has 0 aliphatic heterocycles. The van der Waals surface area contributed by atoms with Crippen LogP contribution in [-0.2, 0) is 4.79 Å². The Hall–Kier alpha value is -3.46. The standard InChI is InChI=1S/C28H36N6O3/c1-15-24(16(2)33-32-15)19-9-11-22(12-10-19)30-28(37)26(25(20-5-6-20)21-7-8-21)31-27(36)23-13-14-29-34(23)17(3)18(4)35/h9-14,17-18,20-21,25-26,35H,5-8H2,1-4H3,(H,30,37)(H,31,36)(H,32,33)/t17-,18-,26-/m0/s1. The third-order valence-corrected chi connectivity index (χ3v) is 7.84. The molecule has 9 heteroatoms. The summed E-state index contributed by atoms with van der Waals surface area (Å²) in [6.45, 7) is 7.43. The summed E-state index contributed by atoms with van der Waals surface area (Å²) in [6, 6.07) is 8.35. The first-order chi connectivity index (χ1) is 17.7. The molecule has 0 radical (unpaired) electrons. The van der Waals surface area contributed by atoms with Crippen LogP contribution in [0.15, 0.2) is 36.5 Å². The number of amides is 2. The van der Waals surface area contributed by atoms with Crippen molar-refractivity contribution in [3.63, 3.8) is 0 Å². The number of nitrogens with zero attached hydrogens (tertiary/aromatic N) is 3. The Morgan fingerprint density at radius 2 is 1.70 bits per heavy atom. The van der Waals surface area contributed by atoms with Crippen LogP contribution in [0.3, 0.4) is 0 Å². The molecule has 0 spiro atoms. The van der Waals surface area contributed by atoms with Crippen LogP contribution in [0.1, 0.15) is 67.4 Å². The number of H-pyrrole nitrogens is 1. The van der Waals surface area contributed by atoms with E-state index in [-0.39, 0.29) is 23.8 Å². The van der Waals surface area contributed by atoms with Crippen LogP contribution in [0.5, 0.6) is 0 Å². The highest BCUT2D eigenvalue weighted by Crippen LogP contribution is 2.51. The van der Waals surface area contributed by atoms with E-state index >= 15 is 0 Å². The third-order valence-electron chi connectivity index (χ3n) is 7.84. The molecule has 2 heterocycles. The number of hydrogen-bond acceptors (Lipinski definition) is 5. The molecule has 4 N–H and O–H groups in total. The van der Waals surface area contributed by atoms with Crippen LogP contribution in [0.2, 0.25) is 0 Å². The fourth-order valence-corrected chi connectivity index (χ4v) is 5.38. The second-order valence-corrected chi connectivity index (χ2v) is 10.7. The highest BCUT2D eigenvalue weighted by molar-refractivity contribution is 6.01. The zero-order valence-electron chi connectivity index (χ0n) is 21.9. The first-order valence-electron chi connectivity index (χ1n) is 13.2. The van der Waals surface area contributed by atoms with Crippen LogP contribution >= 0.6 is 0 Å². The van der Waals surface area contributed by atoms with E-state index in [2.05, 4.69) is 25.9 Å². The van der Waals surface area contributed by atoms with E-state index in [1.165, 1.54) is 4.68 Å². The van der Waals surface area contributed by atoms with Gasteiger partial charge in [0.25, 0.3) is 5.91 Å². The van der Waals surface area contributed by atoms with E-state index in [1.807, 2.05) is 45.0 Å². The minimum atomic E-state index is -0.672. The molecule has 2 aliphatic carbocycles. The highest BCUT2D eigenvalue weighted by atomic mass is 16.3. The average Bonchev–Trinajstić information content (AvgIpc) is 3.81. The maximum atomic E-state index is 13.7. The second kappa shape index (κ2) is 10.1.